The van der Waals surface area contributed by atoms with Crippen molar-refractivity contribution in [2.24, 2.45) is 0 Å². The normalized spacial score (nSPS) is 15.8. The number of benzene rings is 2. The lowest BCUT2D eigenvalue weighted by atomic mass is 9.99. The lowest BCUT2D eigenvalue weighted by molar-refractivity contribution is -0.137. The van der Waals surface area contributed by atoms with Crippen LogP contribution in [0.1, 0.15) is 16.7 Å². The summed E-state index contributed by atoms with van der Waals surface area (Å²) in [5, 5.41) is 3.15. The summed E-state index contributed by atoms with van der Waals surface area (Å²) in [6, 6.07) is 11.1. The Morgan fingerprint density at radius 2 is 1.73 bits per heavy atom. The van der Waals surface area contributed by atoms with Crippen LogP contribution in [0.5, 0.6) is 11.5 Å². The molecular weight excluding hydrogens is 384 g/mol. The fraction of sp³-hybridized carbons (Fsp3) is 0.304. The second-order valence-corrected chi connectivity index (χ2v) is 7.29. The zero-order valence-electron chi connectivity index (χ0n) is 17.3. The van der Waals surface area contributed by atoms with E-state index in [1.54, 1.807) is 18.2 Å². The summed E-state index contributed by atoms with van der Waals surface area (Å²) in [6.45, 7) is 5.42. The summed E-state index contributed by atoms with van der Waals surface area (Å²) in [4.78, 5) is 27.5. The highest BCUT2D eigenvalue weighted by atomic mass is 16.6. The molecule has 7 heteroatoms. The minimum absolute atomic E-state index is 0.189. The summed E-state index contributed by atoms with van der Waals surface area (Å²) >= 11 is 0. The van der Waals surface area contributed by atoms with E-state index in [2.05, 4.69) is 5.32 Å². The highest BCUT2D eigenvalue weighted by Crippen LogP contribution is 2.35. The van der Waals surface area contributed by atoms with E-state index in [0.29, 0.717) is 41.5 Å². The second-order valence-electron chi connectivity index (χ2n) is 7.29. The molecular formula is C23H24N2O5. The highest BCUT2D eigenvalue weighted by Gasteiger charge is 2.39. The number of carbonyl (C=O) groups is 2. The van der Waals surface area contributed by atoms with Crippen LogP contribution in [-0.2, 0) is 14.3 Å². The van der Waals surface area contributed by atoms with Gasteiger partial charge in [-0.25, -0.2) is 0 Å². The molecule has 0 unspecified atom stereocenters. The number of methoxy groups -OCH3 is 1. The third-order valence-corrected chi connectivity index (χ3v) is 5.29. The number of hydrogen-bond donors (Lipinski definition) is 1. The zero-order valence-corrected chi connectivity index (χ0v) is 17.3. The molecule has 2 aliphatic rings. The van der Waals surface area contributed by atoms with Crippen molar-refractivity contribution in [3.63, 3.8) is 0 Å². The number of amides is 2. The maximum Gasteiger partial charge on any atom is 0.278 e. The van der Waals surface area contributed by atoms with Crippen molar-refractivity contribution in [3.05, 3.63) is 58.8 Å². The fourth-order valence-electron chi connectivity index (χ4n) is 3.51. The number of carbonyl (C=O) groups excluding carboxylic acids is 2. The monoisotopic (exact) mass is 408 g/mol. The van der Waals surface area contributed by atoms with Gasteiger partial charge in [0, 0.05) is 18.9 Å². The Bertz CT molecular complexity index is 1040. The lowest BCUT2D eigenvalue weighted by Crippen LogP contribution is -2.35. The summed E-state index contributed by atoms with van der Waals surface area (Å²) in [5.41, 5.74) is 4.12. The van der Waals surface area contributed by atoms with Crippen molar-refractivity contribution in [2.45, 2.75) is 13.8 Å². The van der Waals surface area contributed by atoms with Gasteiger partial charge in [-0.2, -0.15) is 0 Å². The van der Waals surface area contributed by atoms with E-state index in [0.717, 1.165) is 11.1 Å². The molecule has 1 N–H and O–H groups in total. The molecule has 0 aliphatic carbocycles. The molecule has 0 spiro atoms. The van der Waals surface area contributed by atoms with Gasteiger partial charge < -0.3 is 19.5 Å². The quantitative estimate of drug-likeness (QED) is 0.741. The minimum Gasteiger partial charge on any atom is -0.486 e. The SMILES string of the molecule is COCCN1C(=O)C(Nc2ccc3c(c2)OCCO3)=C(c2ccc(C)c(C)c2)C1=O. The van der Waals surface area contributed by atoms with Gasteiger partial charge in [0.25, 0.3) is 11.8 Å². The summed E-state index contributed by atoms with van der Waals surface area (Å²) in [6.07, 6.45) is 0. The number of fused-ring (bicyclic) bond motifs is 1. The average molecular weight is 408 g/mol. The summed E-state index contributed by atoms with van der Waals surface area (Å²) in [7, 11) is 1.54. The van der Waals surface area contributed by atoms with Gasteiger partial charge in [-0.05, 0) is 42.7 Å². The van der Waals surface area contributed by atoms with Crippen LogP contribution in [0.2, 0.25) is 0 Å². The van der Waals surface area contributed by atoms with E-state index in [1.807, 2.05) is 32.0 Å². The van der Waals surface area contributed by atoms with Crippen LogP contribution in [0.25, 0.3) is 5.57 Å². The van der Waals surface area contributed by atoms with Gasteiger partial charge in [-0.1, -0.05) is 18.2 Å². The fourth-order valence-corrected chi connectivity index (χ4v) is 3.51. The molecule has 2 heterocycles. The number of imide groups is 1. The van der Waals surface area contributed by atoms with E-state index in [-0.39, 0.29) is 30.7 Å². The molecule has 2 aliphatic heterocycles. The van der Waals surface area contributed by atoms with Gasteiger partial charge in [0.05, 0.1) is 18.7 Å². The Morgan fingerprint density at radius 3 is 2.47 bits per heavy atom. The number of rotatable bonds is 6. The van der Waals surface area contributed by atoms with Crippen LogP contribution < -0.4 is 14.8 Å². The minimum atomic E-state index is -0.375. The van der Waals surface area contributed by atoms with Crippen molar-refractivity contribution in [3.8, 4) is 11.5 Å². The second kappa shape index (κ2) is 8.20. The molecule has 0 atom stereocenters. The molecule has 2 aromatic rings. The van der Waals surface area contributed by atoms with E-state index in [1.165, 1.54) is 12.0 Å². The molecule has 4 rings (SSSR count). The Labute approximate surface area is 175 Å². The Kier molecular flexibility index (Phi) is 5.46. The predicted molar refractivity (Wildman–Crippen MR) is 112 cm³/mol. The van der Waals surface area contributed by atoms with Crippen LogP contribution >= 0.6 is 0 Å². The number of nitrogens with zero attached hydrogens (tertiary/aromatic N) is 1. The van der Waals surface area contributed by atoms with Crippen molar-refractivity contribution in [1.29, 1.82) is 0 Å². The Hall–Kier alpha value is -3.32. The van der Waals surface area contributed by atoms with E-state index < -0.39 is 0 Å². The molecule has 0 saturated carbocycles. The van der Waals surface area contributed by atoms with Crippen LogP contribution in [0.4, 0.5) is 5.69 Å². The summed E-state index contributed by atoms with van der Waals surface area (Å²) in [5.74, 6) is 0.554. The molecule has 0 fully saturated rings. The van der Waals surface area contributed by atoms with Crippen LogP contribution in [-0.4, -0.2) is 50.2 Å². The van der Waals surface area contributed by atoms with Crippen molar-refractivity contribution < 1.29 is 23.8 Å². The van der Waals surface area contributed by atoms with Crippen LogP contribution in [0.3, 0.4) is 0 Å². The number of ether oxygens (including phenoxy) is 3. The van der Waals surface area contributed by atoms with Gasteiger partial charge in [0.2, 0.25) is 0 Å². The molecule has 0 aromatic heterocycles. The predicted octanol–water partition coefficient (Wildman–Crippen LogP) is 2.91. The van der Waals surface area contributed by atoms with E-state index in [4.69, 9.17) is 14.2 Å². The van der Waals surface area contributed by atoms with Crippen LogP contribution in [0.15, 0.2) is 42.1 Å². The van der Waals surface area contributed by atoms with Crippen molar-refractivity contribution >= 4 is 23.1 Å². The highest BCUT2D eigenvalue weighted by molar-refractivity contribution is 6.36. The first-order valence-electron chi connectivity index (χ1n) is 9.83. The first-order valence-corrected chi connectivity index (χ1v) is 9.83. The first kappa shape index (κ1) is 20.0. The zero-order chi connectivity index (χ0) is 21.3. The van der Waals surface area contributed by atoms with Gasteiger partial charge in [-0.15, -0.1) is 0 Å². The summed E-state index contributed by atoms with van der Waals surface area (Å²) < 4.78 is 16.3. The molecule has 2 amide bonds. The Balaban J connectivity index is 1.74. The topological polar surface area (TPSA) is 77.1 Å². The maximum absolute atomic E-state index is 13.2. The average Bonchev–Trinajstić information content (AvgIpc) is 2.98. The van der Waals surface area contributed by atoms with Crippen molar-refractivity contribution in [1.82, 2.24) is 4.90 Å². The first-order chi connectivity index (χ1) is 14.5. The third kappa shape index (κ3) is 3.64. The van der Waals surface area contributed by atoms with Crippen LogP contribution in [0, 0.1) is 13.8 Å². The van der Waals surface area contributed by atoms with Gasteiger partial charge in [0.1, 0.15) is 18.9 Å². The number of aryl methyl sites for hydroxylation is 2. The van der Waals surface area contributed by atoms with Crippen molar-refractivity contribution in [2.75, 3.05) is 38.8 Å². The molecule has 7 nitrogen and oxygen atoms in total. The standard InChI is InChI=1S/C23H24N2O5/c1-14-4-5-16(12-15(14)2)20-21(23(27)25(22(20)26)8-9-28-3)24-17-6-7-18-19(13-17)30-11-10-29-18/h4-7,12-13,24H,8-11H2,1-3H3. The largest absolute Gasteiger partial charge is 0.486 e. The van der Waals surface area contributed by atoms with Gasteiger partial charge in [-0.3, -0.25) is 14.5 Å². The number of anilines is 1. The Morgan fingerprint density at radius 1 is 0.967 bits per heavy atom. The maximum atomic E-state index is 13.2. The van der Waals surface area contributed by atoms with Gasteiger partial charge in [0.15, 0.2) is 11.5 Å². The lowest BCUT2D eigenvalue weighted by Gasteiger charge is -2.19. The molecule has 156 valence electrons. The molecule has 0 saturated heterocycles. The molecule has 2 aromatic carbocycles. The number of nitrogens with one attached hydrogen (secondary N) is 1. The van der Waals surface area contributed by atoms with E-state index >= 15 is 0 Å². The molecule has 30 heavy (non-hydrogen) atoms. The van der Waals surface area contributed by atoms with E-state index in [9.17, 15) is 9.59 Å². The molecule has 0 radical (unpaired) electrons. The third-order valence-electron chi connectivity index (χ3n) is 5.29. The molecule has 0 bridgehead atoms. The number of hydrogen-bond acceptors (Lipinski definition) is 6. The smallest absolute Gasteiger partial charge is 0.278 e. The van der Waals surface area contributed by atoms with Gasteiger partial charge >= 0.3 is 0 Å².